The largest absolute Gasteiger partial charge is 0.492 e. The van der Waals surface area contributed by atoms with E-state index in [4.69, 9.17) is 16.3 Å². The van der Waals surface area contributed by atoms with Crippen LogP contribution in [0.1, 0.15) is 25.0 Å². The number of aliphatic hydroxyl groups is 1. The Balaban J connectivity index is 3.20. The molecule has 0 amide bonds. The quantitative estimate of drug-likeness (QED) is 0.758. The molecule has 0 bridgehead atoms. The summed E-state index contributed by atoms with van der Waals surface area (Å²) in [7, 11) is 0. The van der Waals surface area contributed by atoms with Crippen LogP contribution in [0.4, 0.5) is 0 Å². The summed E-state index contributed by atoms with van der Waals surface area (Å²) in [5.41, 5.74) is 1.61. The second kappa shape index (κ2) is 5.43. The number of aliphatic hydroxyl groups excluding tert-OH is 1. The van der Waals surface area contributed by atoms with Gasteiger partial charge in [0.05, 0.1) is 18.8 Å². The van der Waals surface area contributed by atoms with E-state index in [1.54, 1.807) is 0 Å². The SMILES string of the molecule is C#Cc1cccc([C](C)CO)c1OCC. The van der Waals surface area contributed by atoms with Crippen LogP contribution in [0.25, 0.3) is 0 Å². The zero-order valence-corrected chi connectivity index (χ0v) is 9.08. The Labute approximate surface area is 90.9 Å². The maximum Gasteiger partial charge on any atom is 0.138 e. The number of ether oxygens (including phenoxy) is 1. The molecule has 0 unspecified atom stereocenters. The number of hydrogen-bond acceptors (Lipinski definition) is 2. The van der Waals surface area contributed by atoms with Crippen LogP contribution >= 0.6 is 0 Å². The van der Waals surface area contributed by atoms with Crippen molar-refractivity contribution in [2.45, 2.75) is 13.8 Å². The molecule has 0 spiro atoms. The van der Waals surface area contributed by atoms with Crippen LogP contribution in [0.5, 0.6) is 5.75 Å². The molecule has 0 atom stereocenters. The van der Waals surface area contributed by atoms with E-state index in [1.807, 2.05) is 32.0 Å². The second-order valence-electron chi connectivity index (χ2n) is 3.20. The maximum atomic E-state index is 9.10. The smallest absolute Gasteiger partial charge is 0.138 e. The van der Waals surface area contributed by atoms with Gasteiger partial charge in [0.1, 0.15) is 5.75 Å². The predicted molar refractivity (Wildman–Crippen MR) is 60.7 cm³/mol. The lowest BCUT2D eigenvalue weighted by Crippen LogP contribution is -2.05. The van der Waals surface area contributed by atoms with Gasteiger partial charge in [0.2, 0.25) is 0 Å². The van der Waals surface area contributed by atoms with Crippen LogP contribution in [0.15, 0.2) is 18.2 Å². The van der Waals surface area contributed by atoms with Gasteiger partial charge < -0.3 is 9.84 Å². The lowest BCUT2D eigenvalue weighted by molar-refractivity contribution is 0.307. The zero-order chi connectivity index (χ0) is 11.3. The van der Waals surface area contributed by atoms with Crippen molar-refractivity contribution in [2.24, 2.45) is 0 Å². The van der Waals surface area contributed by atoms with Gasteiger partial charge in [-0.3, -0.25) is 0 Å². The van der Waals surface area contributed by atoms with Crippen LogP contribution in [0, 0.1) is 18.3 Å². The molecule has 0 aliphatic carbocycles. The van der Waals surface area contributed by atoms with E-state index >= 15 is 0 Å². The number of terminal acetylenes is 1. The van der Waals surface area contributed by atoms with Crippen LogP contribution in [-0.2, 0) is 0 Å². The molecular formula is C13H15O2. The normalized spacial score (nSPS) is 10.1. The van der Waals surface area contributed by atoms with E-state index < -0.39 is 0 Å². The molecule has 1 radical (unpaired) electrons. The lowest BCUT2D eigenvalue weighted by Gasteiger charge is -2.15. The fourth-order valence-electron chi connectivity index (χ4n) is 1.37. The first-order chi connectivity index (χ1) is 7.24. The van der Waals surface area contributed by atoms with Gasteiger partial charge in [0.25, 0.3) is 0 Å². The van der Waals surface area contributed by atoms with Crippen LogP contribution in [0.2, 0.25) is 0 Å². The van der Waals surface area contributed by atoms with Crippen molar-refractivity contribution in [3.05, 3.63) is 35.2 Å². The molecule has 0 aliphatic heterocycles. The summed E-state index contributed by atoms with van der Waals surface area (Å²) in [4.78, 5) is 0. The molecule has 0 saturated carbocycles. The van der Waals surface area contributed by atoms with E-state index in [-0.39, 0.29) is 6.61 Å². The topological polar surface area (TPSA) is 29.5 Å². The van der Waals surface area contributed by atoms with Crippen molar-refractivity contribution in [2.75, 3.05) is 13.2 Å². The first kappa shape index (κ1) is 11.6. The van der Waals surface area contributed by atoms with Crippen molar-refractivity contribution in [3.8, 4) is 18.1 Å². The highest BCUT2D eigenvalue weighted by Crippen LogP contribution is 2.29. The Hall–Kier alpha value is -1.46. The van der Waals surface area contributed by atoms with Gasteiger partial charge >= 0.3 is 0 Å². The van der Waals surface area contributed by atoms with Gasteiger partial charge in [-0.2, -0.15) is 0 Å². The fraction of sp³-hybridized carbons (Fsp3) is 0.308. The first-order valence-electron chi connectivity index (χ1n) is 4.90. The molecule has 0 aromatic heterocycles. The first-order valence-corrected chi connectivity index (χ1v) is 4.90. The molecule has 1 rings (SSSR count). The molecule has 15 heavy (non-hydrogen) atoms. The highest BCUT2D eigenvalue weighted by atomic mass is 16.5. The van der Waals surface area contributed by atoms with E-state index in [1.165, 1.54) is 0 Å². The number of benzene rings is 1. The third kappa shape index (κ3) is 2.51. The summed E-state index contributed by atoms with van der Waals surface area (Å²) in [5, 5.41) is 9.10. The van der Waals surface area contributed by atoms with Gasteiger partial charge in [0, 0.05) is 11.5 Å². The fourth-order valence-corrected chi connectivity index (χ4v) is 1.37. The van der Waals surface area contributed by atoms with E-state index in [0.29, 0.717) is 12.4 Å². The Bertz CT molecular complexity index is 363. The Morgan fingerprint density at radius 1 is 1.53 bits per heavy atom. The summed E-state index contributed by atoms with van der Waals surface area (Å²) in [6.45, 7) is 4.34. The van der Waals surface area contributed by atoms with Gasteiger partial charge in [0.15, 0.2) is 0 Å². The Morgan fingerprint density at radius 2 is 2.27 bits per heavy atom. The van der Waals surface area contributed by atoms with Crippen molar-refractivity contribution in [1.82, 2.24) is 0 Å². The minimum Gasteiger partial charge on any atom is -0.492 e. The number of para-hydroxylation sites is 1. The third-order valence-corrected chi connectivity index (χ3v) is 2.16. The molecular weight excluding hydrogens is 188 g/mol. The van der Waals surface area contributed by atoms with Crippen LogP contribution in [0.3, 0.4) is 0 Å². The molecule has 2 nitrogen and oxygen atoms in total. The molecule has 1 aromatic rings. The van der Waals surface area contributed by atoms with Crippen molar-refractivity contribution in [1.29, 1.82) is 0 Å². The van der Waals surface area contributed by atoms with Gasteiger partial charge in [-0.1, -0.05) is 25.0 Å². The van der Waals surface area contributed by atoms with E-state index in [2.05, 4.69) is 5.92 Å². The molecule has 0 aliphatic rings. The second-order valence-corrected chi connectivity index (χ2v) is 3.20. The number of rotatable bonds is 4. The molecule has 2 heteroatoms. The van der Waals surface area contributed by atoms with Crippen LogP contribution in [-0.4, -0.2) is 18.3 Å². The predicted octanol–water partition coefficient (Wildman–Crippen LogP) is 2.00. The van der Waals surface area contributed by atoms with Crippen molar-refractivity contribution >= 4 is 0 Å². The summed E-state index contributed by atoms with van der Waals surface area (Å²) in [6.07, 6.45) is 5.39. The number of hydrogen-bond donors (Lipinski definition) is 1. The average molecular weight is 203 g/mol. The Morgan fingerprint density at radius 3 is 2.80 bits per heavy atom. The van der Waals surface area contributed by atoms with Gasteiger partial charge in [-0.05, 0) is 13.0 Å². The minimum absolute atomic E-state index is 0.00803. The lowest BCUT2D eigenvalue weighted by atomic mass is 9.98. The standard InChI is InChI=1S/C13H15O2/c1-4-11-7-6-8-12(10(3)9-14)13(11)15-5-2/h1,6-8,14H,5,9H2,2-3H3. The summed E-state index contributed by atoms with van der Waals surface area (Å²) in [6, 6.07) is 5.60. The van der Waals surface area contributed by atoms with E-state index in [9.17, 15) is 0 Å². The molecule has 0 saturated heterocycles. The van der Waals surface area contributed by atoms with Crippen molar-refractivity contribution in [3.63, 3.8) is 0 Å². The third-order valence-electron chi connectivity index (χ3n) is 2.16. The summed E-state index contributed by atoms with van der Waals surface area (Å²) < 4.78 is 5.51. The molecule has 79 valence electrons. The van der Waals surface area contributed by atoms with Crippen LogP contribution < -0.4 is 4.74 Å². The highest BCUT2D eigenvalue weighted by molar-refractivity contribution is 5.54. The summed E-state index contributed by atoms with van der Waals surface area (Å²) in [5.74, 6) is 4.13. The maximum absolute atomic E-state index is 9.10. The van der Waals surface area contributed by atoms with E-state index in [0.717, 1.165) is 17.0 Å². The molecule has 1 aromatic carbocycles. The molecule has 0 fully saturated rings. The monoisotopic (exact) mass is 203 g/mol. The van der Waals surface area contributed by atoms with Gasteiger partial charge in [-0.25, -0.2) is 0 Å². The molecule has 0 heterocycles. The van der Waals surface area contributed by atoms with Gasteiger partial charge in [-0.15, -0.1) is 6.42 Å². The minimum atomic E-state index is 0.00803. The summed E-state index contributed by atoms with van der Waals surface area (Å²) >= 11 is 0. The average Bonchev–Trinajstić information content (AvgIpc) is 2.28. The molecule has 1 N–H and O–H groups in total. The highest BCUT2D eigenvalue weighted by Gasteiger charge is 2.13. The van der Waals surface area contributed by atoms with Crippen molar-refractivity contribution < 1.29 is 9.84 Å². The Kier molecular flexibility index (Phi) is 4.20. The zero-order valence-electron chi connectivity index (χ0n) is 9.08.